The summed E-state index contributed by atoms with van der Waals surface area (Å²) < 4.78 is 5.72. The zero-order valence-corrected chi connectivity index (χ0v) is 15.3. The number of aliphatic imine (C=N–C) groups is 1. The van der Waals surface area contributed by atoms with E-state index in [9.17, 15) is 0 Å². The number of hydrogen-bond acceptors (Lipinski definition) is 2. The van der Waals surface area contributed by atoms with Crippen molar-refractivity contribution >= 4 is 29.9 Å². The van der Waals surface area contributed by atoms with Crippen LogP contribution < -0.4 is 10.5 Å². The van der Waals surface area contributed by atoms with Gasteiger partial charge in [-0.2, -0.15) is 0 Å². The maximum Gasteiger partial charge on any atom is 0.191 e. The van der Waals surface area contributed by atoms with Gasteiger partial charge in [0.1, 0.15) is 12.4 Å². The van der Waals surface area contributed by atoms with Crippen LogP contribution in [0, 0.1) is 13.8 Å². The van der Waals surface area contributed by atoms with Gasteiger partial charge < -0.3 is 15.4 Å². The Morgan fingerprint density at radius 1 is 1.14 bits per heavy atom. The first-order valence-corrected chi connectivity index (χ1v) is 7.41. The molecule has 0 radical (unpaired) electrons. The Morgan fingerprint density at radius 2 is 1.76 bits per heavy atom. The fourth-order valence-electron chi connectivity index (χ4n) is 2.56. The monoisotopic (exact) mass is 403 g/mol. The molecule has 2 N–H and O–H groups in total. The van der Waals surface area contributed by atoms with Crippen molar-refractivity contribution in [3.8, 4) is 5.75 Å². The van der Waals surface area contributed by atoms with Crippen LogP contribution in [-0.4, -0.2) is 37.1 Å². The number of piperidine rings is 1. The van der Waals surface area contributed by atoms with E-state index in [2.05, 4.69) is 29.8 Å². The largest absolute Gasteiger partial charge is 0.492 e. The standard InChI is InChI=1S/C16H25N3O.HI/c1-13-10-14(2)12-15(11-13)20-9-6-18-16(17)19-7-4-3-5-8-19;/h10-12H,3-9H2,1-2H3,(H2,17,18);1H. The quantitative estimate of drug-likeness (QED) is 0.364. The van der Waals surface area contributed by atoms with Crippen LogP contribution in [0.1, 0.15) is 30.4 Å². The summed E-state index contributed by atoms with van der Waals surface area (Å²) >= 11 is 0. The van der Waals surface area contributed by atoms with Crippen LogP contribution in [-0.2, 0) is 0 Å². The van der Waals surface area contributed by atoms with E-state index in [0.717, 1.165) is 18.8 Å². The number of hydrogen-bond donors (Lipinski definition) is 1. The van der Waals surface area contributed by atoms with Crippen LogP contribution >= 0.6 is 24.0 Å². The highest BCUT2D eigenvalue weighted by atomic mass is 127. The van der Waals surface area contributed by atoms with Crippen LogP contribution in [0.3, 0.4) is 0 Å². The maximum absolute atomic E-state index is 6.00. The third-order valence-electron chi connectivity index (χ3n) is 3.51. The molecule has 0 saturated carbocycles. The molecule has 118 valence electrons. The number of guanidine groups is 1. The summed E-state index contributed by atoms with van der Waals surface area (Å²) in [6, 6.07) is 6.23. The van der Waals surface area contributed by atoms with Gasteiger partial charge in [-0.3, -0.25) is 0 Å². The summed E-state index contributed by atoms with van der Waals surface area (Å²) in [5, 5.41) is 0. The molecule has 1 saturated heterocycles. The van der Waals surface area contributed by atoms with Crippen molar-refractivity contribution in [3.05, 3.63) is 29.3 Å². The van der Waals surface area contributed by atoms with Crippen molar-refractivity contribution < 1.29 is 4.74 Å². The second kappa shape index (κ2) is 9.12. The average molecular weight is 403 g/mol. The highest BCUT2D eigenvalue weighted by molar-refractivity contribution is 14.0. The van der Waals surface area contributed by atoms with Crippen LogP contribution in [0.5, 0.6) is 5.75 Å². The SMILES string of the molecule is Cc1cc(C)cc(OCCN=C(N)N2CCCCC2)c1.I. The lowest BCUT2D eigenvalue weighted by Gasteiger charge is -2.27. The Balaban J connectivity index is 0.00000220. The number of aryl methyl sites for hydroxylation is 2. The predicted octanol–water partition coefficient (Wildman–Crippen LogP) is 3.10. The summed E-state index contributed by atoms with van der Waals surface area (Å²) in [4.78, 5) is 6.57. The molecule has 1 aromatic carbocycles. The topological polar surface area (TPSA) is 50.9 Å². The van der Waals surface area contributed by atoms with E-state index in [1.807, 2.05) is 12.1 Å². The molecule has 5 heteroatoms. The van der Waals surface area contributed by atoms with Gasteiger partial charge >= 0.3 is 0 Å². The second-order valence-corrected chi connectivity index (χ2v) is 5.46. The minimum atomic E-state index is 0. The number of halogens is 1. The molecule has 0 spiro atoms. The molecular formula is C16H26IN3O. The second-order valence-electron chi connectivity index (χ2n) is 5.46. The molecule has 1 aliphatic rings. The zero-order valence-electron chi connectivity index (χ0n) is 13.0. The summed E-state index contributed by atoms with van der Waals surface area (Å²) in [6.45, 7) is 7.39. The van der Waals surface area contributed by atoms with E-state index in [1.165, 1.54) is 30.4 Å². The van der Waals surface area contributed by atoms with Crippen LogP contribution in [0.25, 0.3) is 0 Å². The summed E-state index contributed by atoms with van der Waals surface area (Å²) in [6.07, 6.45) is 3.74. The fraction of sp³-hybridized carbons (Fsp3) is 0.562. The number of benzene rings is 1. The zero-order chi connectivity index (χ0) is 14.4. The number of ether oxygens (including phenoxy) is 1. The van der Waals surface area contributed by atoms with Crippen molar-refractivity contribution in [1.29, 1.82) is 0 Å². The Kier molecular flexibility index (Phi) is 7.85. The Labute approximate surface area is 144 Å². The lowest BCUT2D eigenvalue weighted by Crippen LogP contribution is -2.41. The first kappa shape index (κ1) is 18.1. The van der Waals surface area contributed by atoms with Crippen molar-refractivity contribution in [2.24, 2.45) is 10.7 Å². The molecule has 0 aliphatic carbocycles. The molecule has 4 nitrogen and oxygen atoms in total. The van der Waals surface area contributed by atoms with Gasteiger partial charge in [0, 0.05) is 13.1 Å². The number of nitrogens with two attached hydrogens (primary N) is 1. The molecular weight excluding hydrogens is 377 g/mol. The van der Waals surface area contributed by atoms with Gasteiger partial charge in [0.05, 0.1) is 6.54 Å². The molecule has 2 rings (SSSR count). The van der Waals surface area contributed by atoms with E-state index in [0.29, 0.717) is 19.1 Å². The molecule has 0 atom stereocenters. The molecule has 0 amide bonds. The minimum absolute atomic E-state index is 0. The van der Waals surface area contributed by atoms with E-state index in [-0.39, 0.29) is 24.0 Å². The molecule has 21 heavy (non-hydrogen) atoms. The molecule has 0 aromatic heterocycles. The van der Waals surface area contributed by atoms with Gasteiger partial charge in [-0.15, -0.1) is 24.0 Å². The summed E-state index contributed by atoms with van der Waals surface area (Å²) in [7, 11) is 0. The van der Waals surface area contributed by atoms with Gasteiger partial charge in [0.15, 0.2) is 5.96 Å². The third kappa shape index (κ3) is 6.11. The normalized spacial score (nSPS) is 15.5. The molecule has 1 aliphatic heterocycles. The highest BCUT2D eigenvalue weighted by Crippen LogP contribution is 2.16. The van der Waals surface area contributed by atoms with Crippen molar-refractivity contribution in [1.82, 2.24) is 4.90 Å². The molecule has 0 bridgehead atoms. The molecule has 0 unspecified atom stereocenters. The lowest BCUT2D eigenvalue weighted by molar-refractivity contribution is 0.320. The summed E-state index contributed by atoms with van der Waals surface area (Å²) in [5.74, 6) is 1.57. The number of likely N-dealkylation sites (tertiary alicyclic amines) is 1. The Hall–Kier alpha value is -0.980. The first-order valence-electron chi connectivity index (χ1n) is 7.41. The van der Waals surface area contributed by atoms with E-state index in [4.69, 9.17) is 10.5 Å². The molecule has 1 aromatic rings. The molecule has 1 heterocycles. The van der Waals surface area contributed by atoms with Gasteiger partial charge in [-0.1, -0.05) is 6.07 Å². The fourth-order valence-corrected chi connectivity index (χ4v) is 2.56. The van der Waals surface area contributed by atoms with Crippen LogP contribution in [0.4, 0.5) is 0 Å². The highest BCUT2D eigenvalue weighted by Gasteiger charge is 2.11. The van der Waals surface area contributed by atoms with Gasteiger partial charge in [-0.05, 0) is 56.4 Å². The van der Waals surface area contributed by atoms with Gasteiger partial charge in [0.2, 0.25) is 0 Å². The van der Waals surface area contributed by atoms with E-state index < -0.39 is 0 Å². The van der Waals surface area contributed by atoms with Crippen molar-refractivity contribution in [3.63, 3.8) is 0 Å². The smallest absolute Gasteiger partial charge is 0.191 e. The van der Waals surface area contributed by atoms with Gasteiger partial charge in [0.25, 0.3) is 0 Å². The maximum atomic E-state index is 6.00. The summed E-state index contributed by atoms with van der Waals surface area (Å²) in [5.41, 5.74) is 8.43. The first-order chi connectivity index (χ1) is 9.65. The number of rotatable bonds is 4. The lowest BCUT2D eigenvalue weighted by atomic mass is 10.1. The average Bonchev–Trinajstić information content (AvgIpc) is 2.43. The van der Waals surface area contributed by atoms with Crippen LogP contribution in [0.2, 0.25) is 0 Å². The Bertz CT molecular complexity index is 450. The minimum Gasteiger partial charge on any atom is -0.492 e. The van der Waals surface area contributed by atoms with Crippen molar-refractivity contribution in [2.75, 3.05) is 26.2 Å². The van der Waals surface area contributed by atoms with E-state index >= 15 is 0 Å². The van der Waals surface area contributed by atoms with E-state index in [1.54, 1.807) is 0 Å². The molecule has 1 fully saturated rings. The third-order valence-corrected chi connectivity index (χ3v) is 3.51. The van der Waals surface area contributed by atoms with Crippen molar-refractivity contribution in [2.45, 2.75) is 33.1 Å². The Morgan fingerprint density at radius 3 is 2.38 bits per heavy atom. The van der Waals surface area contributed by atoms with Crippen LogP contribution in [0.15, 0.2) is 23.2 Å². The number of nitrogens with zero attached hydrogens (tertiary/aromatic N) is 2. The van der Waals surface area contributed by atoms with Gasteiger partial charge in [-0.25, -0.2) is 4.99 Å². The predicted molar refractivity (Wildman–Crippen MR) is 98.7 cm³/mol.